The van der Waals surface area contributed by atoms with E-state index in [1.54, 1.807) is 19.2 Å². The summed E-state index contributed by atoms with van der Waals surface area (Å²) >= 11 is 0. The number of nitrogens with one attached hydrogen (secondary N) is 2. The monoisotopic (exact) mass is 530 g/mol. The maximum absolute atomic E-state index is 12.1. The Morgan fingerprint density at radius 3 is 2.10 bits per heavy atom. The standard InChI is InChI=1S/C21H30N4O2S.HI/c1-21(2,18-9-7-6-8-10-18)16-24-20(22-3)23-15-17-11-13-19(14-12-17)28(26,27)25(4)5;/h6-14H,15-16H2,1-5H3,(H2,22,23,24);1H. The van der Waals surface area contributed by atoms with E-state index in [4.69, 9.17) is 0 Å². The summed E-state index contributed by atoms with van der Waals surface area (Å²) in [6.45, 7) is 5.66. The normalized spacial score (nSPS) is 12.4. The summed E-state index contributed by atoms with van der Waals surface area (Å²) in [5, 5.41) is 6.64. The molecule has 0 radical (unpaired) electrons. The molecule has 0 bridgehead atoms. The van der Waals surface area contributed by atoms with Crippen molar-refractivity contribution in [2.75, 3.05) is 27.7 Å². The largest absolute Gasteiger partial charge is 0.356 e. The van der Waals surface area contributed by atoms with Gasteiger partial charge in [-0.2, -0.15) is 0 Å². The molecule has 0 aliphatic rings. The van der Waals surface area contributed by atoms with Crippen molar-refractivity contribution < 1.29 is 8.42 Å². The number of halogens is 1. The van der Waals surface area contributed by atoms with Crippen molar-refractivity contribution in [2.24, 2.45) is 4.99 Å². The fourth-order valence-corrected chi connectivity index (χ4v) is 3.59. The minimum absolute atomic E-state index is 0. The Morgan fingerprint density at radius 2 is 1.59 bits per heavy atom. The van der Waals surface area contributed by atoms with Crippen molar-refractivity contribution in [2.45, 2.75) is 30.7 Å². The molecule has 0 amide bonds. The van der Waals surface area contributed by atoms with E-state index in [0.29, 0.717) is 12.5 Å². The third kappa shape index (κ3) is 6.97. The van der Waals surface area contributed by atoms with E-state index >= 15 is 0 Å². The van der Waals surface area contributed by atoms with Crippen LogP contribution >= 0.6 is 24.0 Å². The van der Waals surface area contributed by atoms with Crippen molar-refractivity contribution in [1.29, 1.82) is 0 Å². The van der Waals surface area contributed by atoms with E-state index in [1.165, 1.54) is 24.0 Å². The van der Waals surface area contributed by atoms with Crippen molar-refractivity contribution >= 4 is 40.0 Å². The highest BCUT2D eigenvalue weighted by Gasteiger charge is 2.20. The van der Waals surface area contributed by atoms with Crippen LogP contribution in [0.5, 0.6) is 0 Å². The van der Waals surface area contributed by atoms with Gasteiger partial charge in [-0.25, -0.2) is 12.7 Å². The van der Waals surface area contributed by atoms with E-state index in [-0.39, 0.29) is 34.3 Å². The number of hydrogen-bond donors (Lipinski definition) is 2. The fourth-order valence-electron chi connectivity index (χ4n) is 2.69. The molecule has 29 heavy (non-hydrogen) atoms. The van der Waals surface area contributed by atoms with Gasteiger partial charge in [0.1, 0.15) is 0 Å². The summed E-state index contributed by atoms with van der Waals surface area (Å²) in [7, 11) is 1.38. The lowest BCUT2D eigenvalue weighted by atomic mass is 9.85. The number of sulfonamides is 1. The molecule has 8 heteroatoms. The minimum atomic E-state index is -3.40. The van der Waals surface area contributed by atoms with Crippen LogP contribution in [0.25, 0.3) is 0 Å². The molecule has 0 spiro atoms. The highest BCUT2D eigenvalue weighted by molar-refractivity contribution is 14.0. The van der Waals surface area contributed by atoms with Crippen LogP contribution in [0.15, 0.2) is 64.5 Å². The number of guanidine groups is 1. The first-order chi connectivity index (χ1) is 13.2. The van der Waals surface area contributed by atoms with Gasteiger partial charge in [-0.3, -0.25) is 4.99 Å². The van der Waals surface area contributed by atoms with Gasteiger partial charge in [-0.1, -0.05) is 56.3 Å². The molecule has 0 heterocycles. The van der Waals surface area contributed by atoms with Gasteiger partial charge in [0, 0.05) is 39.6 Å². The van der Waals surface area contributed by atoms with Crippen LogP contribution in [0, 0.1) is 0 Å². The van der Waals surface area contributed by atoms with Crippen LogP contribution < -0.4 is 10.6 Å². The van der Waals surface area contributed by atoms with Gasteiger partial charge in [0.25, 0.3) is 0 Å². The van der Waals surface area contributed by atoms with Crippen LogP contribution in [0.4, 0.5) is 0 Å². The Hall–Kier alpha value is -1.65. The SMILES string of the molecule is CN=C(NCc1ccc(S(=O)(=O)N(C)C)cc1)NCC(C)(C)c1ccccc1.I. The summed E-state index contributed by atoms with van der Waals surface area (Å²) in [6, 6.07) is 17.2. The third-order valence-electron chi connectivity index (χ3n) is 4.64. The zero-order valence-electron chi connectivity index (χ0n) is 17.6. The molecular weight excluding hydrogens is 499 g/mol. The van der Waals surface area contributed by atoms with Gasteiger partial charge in [0.05, 0.1) is 4.90 Å². The van der Waals surface area contributed by atoms with Crippen LogP contribution in [-0.2, 0) is 22.0 Å². The maximum atomic E-state index is 12.1. The third-order valence-corrected chi connectivity index (χ3v) is 6.47. The van der Waals surface area contributed by atoms with E-state index in [0.717, 1.165) is 12.1 Å². The first-order valence-corrected chi connectivity index (χ1v) is 10.6. The van der Waals surface area contributed by atoms with Gasteiger partial charge in [0.2, 0.25) is 10.0 Å². The van der Waals surface area contributed by atoms with Crippen molar-refractivity contribution in [3.8, 4) is 0 Å². The highest BCUT2D eigenvalue weighted by atomic mass is 127. The molecule has 0 saturated heterocycles. The van der Waals surface area contributed by atoms with Crippen molar-refractivity contribution in [1.82, 2.24) is 14.9 Å². The molecule has 0 saturated carbocycles. The topological polar surface area (TPSA) is 73.8 Å². The fraction of sp³-hybridized carbons (Fsp3) is 0.381. The number of hydrogen-bond acceptors (Lipinski definition) is 3. The lowest BCUT2D eigenvalue weighted by Gasteiger charge is -2.26. The molecule has 0 aliphatic heterocycles. The second-order valence-electron chi connectivity index (χ2n) is 7.46. The molecule has 2 aromatic rings. The zero-order chi connectivity index (χ0) is 20.8. The second kappa shape index (κ2) is 10.9. The zero-order valence-corrected chi connectivity index (χ0v) is 20.8. The Kier molecular flexibility index (Phi) is 9.57. The Bertz CT molecular complexity index is 896. The Morgan fingerprint density at radius 1 is 1.00 bits per heavy atom. The van der Waals surface area contributed by atoms with Crippen LogP contribution in [0.3, 0.4) is 0 Å². The average Bonchev–Trinajstić information content (AvgIpc) is 2.69. The van der Waals surface area contributed by atoms with Crippen molar-refractivity contribution in [3.05, 3.63) is 65.7 Å². The van der Waals surface area contributed by atoms with Gasteiger partial charge in [0.15, 0.2) is 5.96 Å². The smallest absolute Gasteiger partial charge is 0.242 e. The van der Waals surface area contributed by atoms with Crippen LogP contribution in [0.1, 0.15) is 25.0 Å². The van der Waals surface area contributed by atoms with Gasteiger partial charge in [-0.15, -0.1) is 24.0 Å². The molecule has 160 valence electrons. The Balaban J connectivity index is 0.00000420. The first-order valence-electron chi connectivity index (χ1n) is 9.18. The van der Waals surface area contributed by atoms with Crippen LogP contribution in [0.2, 0.25) is 0 Å². The molecular formula is C21H31IN4O2S. The average molecular weight is 530 g/mol. The molecule has 6 nitrogen and oxygen atoms in total. The van der Waals surface area contributed by atoms with E-state index in [9.17, 15) is 8.42 Å². The lowest BCUT2D eigenvalue weighted by Crippen LogP contribution is -2.43. The minimum Gasteiger partial charge on any atom is -0.356 e. The molecule has 0 aliphatic carbocycles. The van der Waals surface area contributed by atoms with Gasteiger partial charge in [-0.05, 0) is 23.3 Å². The molecule has 2 aromatic carbocycles. The van der Waals surface area contributed by atoms with E-state index < -0.39 is 10.0 Å². The van der Waals surface area contributed by atoms with Gasteiger partial charge >= 0.3 is 0 Å². The van der Waals surface area contributed by atoms with Crippen molar-refractivity contribution in [3.63, 3.8) is 0 Å². The van der Waals surface area contributed by atoms with E-state index in [2.05, 4.69) is 41.6 Å². The molecule has 2 N–H and O–H groups in total. The summed E-state index contributed by atoms with van der Waals surface area (Å²) in [4.78, 5) is 4.56. The second-order valence-corrected chi connectivity index (χ2v) is 9.61. The quantitative estimate of drug-likeness (QED) is 0.328. The predicted octanol–water partition coefficient (Wildman–Crippen LogP) is 3.20. The highest BCUT2D eigenvalue weighted by Crippen LogP contribution is 2.21. The molecule has 2 rings (SSSR count). The summed E-state index contributed by atoms with van der Waals surface area (Å²) in [5.41, 5.74) is 2.19. The summed E-state index contributed by atoms with van der Waals surface area (Å²) < 4.78 is 25.5. The first kappa shape index (κ1) is 25.4. The van der Waals surface area contributed by atoms with E-state index in [1.807, 2.05) is 30.3 Å². The number of aliphatic imine (C=N–C) groups is 1. The van der Waals surface area contributed by atoms with Gasteiger partial charge < -0.3 is 10.6 Å². The maximum Gasteiger partial charge on any atom is 0.242 e. The number of benzene rings is 2. The Labute approximate surface area is 191 Å². The molecule has 0 unspecified atom stereocenters. The number of nitrogens with zero attached hydrogens (tertiary/aromatic N) is 2. The predicted molar refractivity (Wildman–Crippen MR) is 130 cm³/mol. The molecule has 0 atom stereocenters. The molecule has 0 aromatic heterocycles. The van der Waals surface area contributed by atoms with Crippen LogP contribution in [-0.4, -0.2) is 46.4 Å². The summed E-state index contributed by atoms with van der Waals surface area (Å²) in [5.74, 6) is 0.703. The number of rotatable bonds is 7. The summed E-state index contributed by atoms with van der Waals surface area (Å²) in [6.07, 6.45) is 0. The molecule has 0 fully saturated rings. The lowest BCUT2D eigenvalue weighted by molar-refractivity contribution is 0.508.